The Morgan fingerprint density at radius 1 is 1.30 bits per heavy atom. The molecule has 0 aliphatic carbocycles. The Bertz CT molecular complexity index is 645. The second-order valence-electron chi connectivity index (χ2n) is 6.97. The number of hydrogen-bond acceptors (Lipinski definition) is 4. The molecule has 0 radical (unpaired) electrons. The van der Waals surface area contributed by atoms with Crippen molar-refractivity contribution in [3.8, 4) is 0 Å². The fourth-order valence-corrected chi connectivity index (χ4v) is 3.31. The summed E-state index contributed by atoms with van der Waals surface area (Å²) >= 11 is 0. The second-order valence-corrected chi connectivity index (χ2v) is 6.97. The van der Waals surface area contributed by atoms with Crippen molar-refractivity contribution in [1.82, 2.24) is 24.6 Å². The van der Waals surface area contributed by atoms with Crippen molar-refractivity contribution in [3.63, 3.8) is 0 Å². The largest absolute Gasteiger partial charge is 0.303 e. The van der Waals surface area contributed by atoms with Crippen LogP contribution in [0, 0.1) is 0 Å². The van der Waals surface area contributed by atoms with Crippen LogP contribution in [0.25, 0.3) is 0 Å². The molecule has 5 heteroatoms. The van der Waals surface area contributed by atoms with Gasteiger partial charge in [0.1, 0.15) is 0 Å². The monoisotopic (exact) mass is 313 g/mol. The van der Waals surface area contributed by atoms with Gasteiger partial charge in [0.05, 0.1) is 11.4 Å². The van der Waals surface area contributed by atoms with Crippen LogP contribution in [0.1, 0.15) is 42.4 Å². The molecule has 5 nitrogen and oxygen atoms in total. The zero-order valence-electron chi connectivity index (χ0n) is 14.7. The van der Waals surface area contributed by atoms with Crippen LogP contribution in [0.15, 0.2) is 24.5 Å². The average Bonchev–Trinajstić information content (AvgIpc) is 2.86. The number of hydrogen-bond donors (Lipinski definition) is 0. The van der Waals surface area contributed by atoms with E-state index in [4.69, 9.17) is 5.10 Å². The third-order valence-electron chi connectivity index (χ3n) is 4.34. The summed E-state index contributed by atoms with van der Waals surface area (Å²) in [6.45, 7) is 8.37. The van der Waals surface area contributed by atoms with Crippen molar-refractivity contribution in [1.29, 1.82) is 0 Å². The van der Waals surface area contributed by atoms with E-state index in [1.807, 2.05) is 18.5 Å². The van der Waals surface area contributed by atoms with Crippen molar-refractivity contribution in [2.45, 2.75) is 45.9 Å². The maximum Gasteiger partial charge on any atom is 0.0800 e. The molecule has 0 amide bonds. The van der Waals surface area contributed by atoms with E-state index in [1.165, 1.54) is 22.5 Å². The summed E-state index contributed by atoms with van der Waals surface area (Å²) in [6, 6.07) is 4.57. The summed E-state index contributed by atoms with van der Waals surface area (Å²) in [4.78, 5) is 8.93. The van der Waals surface area contributed by atoms with Gasteiger partial charge in [-0.05, 0) is 46.0 Å². The molecule has 1 aliphatic heterocycles. The van der Waals surface area contributed by atoms with Crippen LogP contribution in [0.3, 0.4) is 0 Å². The van der Waals surface area contributed by atoms with Gasteiger partial charge in [0.2, 0.25) is 0 Å². The summed E-state index contributed by atoms with van der Waals surface area (Å²) in [5, 5.41) is 4.91. The van der Waals surface area contributed by atoms with Crippen molar-refractivity contribution in [3.05, 3.63) is 47.0 Å². The lowest BCUT2D eigenvalue weighted by Crippen LogP contribution is -2.31. The minimum Gasteiger partial charge on any atom is -0.303 e. The quantitative estimate of drug-likeness (QED) is 0.850. The topological polar surface area (TPSA) is 37.2 Å². The molecule has 0 spiro atoms. The Morgan fingerprint density at radius 3 is 2.78 bits per heavy atom. The number of rotatable bonds is 5. The van der Waals surface area contributed by atoms with Gasteiger partial charge >= 0.3 is 0 Å². The number of nitrogens with zero attached hydrogens (tertiary/aromatic N) is 5. The van der Waals surface area contributed by atoms with E-state index >= 15 is 0 Å². The number of aromatic nitrogens is 3. The molecule has 3 rings (SSSR count). The van der Waals surface area contributed by atoms with Gasteiger partial charge in [0.25, 0.3) is 0 Å². The van der Waals surface area contributed by atoms with E-state index < -0.39 is 0 Å². The first-order valence-electron chi connectivity index (χ1n) is 8.39. The highest BCUT2D eigenvalue weighted by Gasteiger charge is 2.25. The maximum atomic E-state index is 4.91. The van der Waals surface area contributed by atoms with Crippen LogP contribution in [0.4, 0.5) is 0 Å². The highest BCUT2D eigenvalue weighted by Crippen LogP contribution is 2.26. The lowest BCUT2D eigenvalue weighted by molar-refractivity contribution is 0.234. The van der Waals surface area contributed by atoms with Gasteiger partial charge in [0.15, 0.2) is 0 Å². The van der Waals surface area contributed by atoms with Crippen LogP contribution in [-0.4, -0.2) is 45.2 Å². The smallest absolute Gasteiger partial charge is 0.0800 e. The molecule has 0 atom stereocenters. The molecule has 0 bridgehead atoms. The Hall–Kier alpha value is -1.72. The summed E-state index contributed by atoms with van der Waals surface area (Å²) in [5.41, 5.74) is 5.39. The van der Waals surface area contributed by atoms with E-state index in [2.05, 4.69) is 53.5 Å². The SMILES string of the molecule is CC(C)n1nc(CN(C)C)c2c1CN(Cc1cccnc1)CC2. The summed E-state index contributed by atoms with van der Waals surface area (Å²) in [5.74, 6) is 0. The molecule has 23 heavy (non-hydrogen) atoms. The summed E-state index contributed by atoms with van der Waals surface area (Å²) < 4.78 is 2.23. The molecule has 0 saturated carbocycles. The van der Waals surface area contributed by atoms with Gasteiger partial charge in [-0.2, -0.15) is 5.10 Å². The van der Waals surface area contributed by atoms with E-state index in [0.29, 0.717) is 6.04 Å². The fourth-order valence-electron chi connectivity index (χ4n) is 3.31. The van der Waals surface area contributed by atoms with Gasteiger partial charge in [-0.15, -0.1) is 0 Å². The summed E-state index contributed by atoms with van der Waals surface area (Å²) in [6.07, 6.45) is 4.89. The van der Waals surface area contributed by atoms with E-state index in [9.17, 15) is 0 Å². The highest BCUT2D eigenvalue weighted by atomic mass is 15.3. The van der Waals surface area contributed by atoms with Crippen LogP contribution in [-0.2, 0) is 26.1 Å². The predicted molar refractivity (Wildman–Crippen MR) is 92.1 cm³/mol. The molecule has 0 fully saturated rings. The van der Waals surface area contributed by atoms with Crippen molar-refractivity contribution < 1.29 is 0 Å². The molecule has 2 aromatic heterocycles. The van der Waals surface area contributed by atoms with E-state index in [0.717, 1.165) is 32.6 Å². The molecular weight excluding hydrogens is 286 g/mol. The Balaban J connectivity index is 1.82. The van der Waals surface area contributed by atoms with Crippen molar-refractivity contribution in [2.75, 3.05) is 20.6 Å². The molecule has 1 aliphatic rings. The van der Waals surface area contributed by atoms with E-state index in [1.54, 1.807) is 0 Å². The lowest BCUT2D eigenvalue weighted by Gasteiger charge is -2.28. The third-order valence-corrected chi connectivity index (χ3v) is 4.34. The van der Waals surface area contributed by atoms with Gasteiger partial charge in [-0.1, -0.05) is 6.07 Å². The van der Waals surface area contributed by atoms with Gasteiger partial charge in [-0.3, -0.25) is 14.6 Å². The third kappa shape index (κ3) is 3.62. The van der Waals surface area contributed by atoms with E-state index in [-0.39, 0.29) is 0 Å². The van der Waals surface area contributed by atoms with Crippen LogP contribution in [0.2, 0.25) is 0 Å². The minimum atomic E-state index is 0.401. The zero-order chi connectivity index (χ0) is 16.4. The Labute approximate surface area is 138 Å². The van der Waals surface area contributed by atoms with Crippen LogP contribution < -0.4 is 0 Å². The molecule has 124 valence electrons. The van der Waals surface area contributed by atoms with Crippen molar-refractivity contribution >= 4 is 0 Å². The Kier molecular flexibility index (Phi) is 4.78. The normalized spacial score (nSPS) is 15.4. The molecule has 2 aromatic rings. The number of pyridine rings is 1. The fraction of sp³-hybridized carbons (Fsp3) is 0.556. The summed E-state index contributed by atoms with van der Waals surface area (Å²) in [7, 11) is 4.22. The van der Waals surface area contributed by atoms with Gasteiger partial charge in [-0.25, -0.2) is 0 Å². The first-order chi connectivity index (χ1) is 11.0. The molecule has 0 N–H and O–H groups in total. The second kappa shape index (κ2) is 6.81. The van der Waals surface area contributed by atoms with Gasteiger partial charge < -0.3 is 4.90 Å². The zero-order valence-corrected chi connectivity index (χ0v) is 14.7. The highest BCUT2D eigenvalue weighted by molar-refractivity contribution is 5.29. The predicted octanol–water partition coefficient (Wildman–Crippen LogP) is 2.48. The lowest BCUT2D eigenvalue weighted by atomic mass is 10.0. The molecule has 3 heterocycles. The maximum absolute atomic E-state index is 4.91. The molecular formula is C18H27N5. The number of fused-ring (bicyclic) bond motifs is 1. The molecule has 0 aromatic carbocycles. The standard InChI is InChI=1S/C18H27N5/c1-14(2)23-18-13-22(11-15-6-5-8-19-10-15)9-7-16(18)17(20-23)12-21(3)4/h5-6,8,10,14H,7,9,11-13H2,1-4H3. The Morgan fingerprint density at radius 2 is 2.13 bits per heavy atom. The van der Waals surface area contributed by atoms with Crippen molar-refractivity contribution in [2.24, 2.45) is 0 Å². The first-order valence-corrected chi connectivity index (χ1v) is 8.39. The first kappa shape index (κ1) is 16.1. The van der Waals surface area contributed by atoms with Crippen LogP contribution in [0.5, 0.6) is 0 Å². The van der Waals surface area contributed by atoms with Crippen LogP contribution >= 0.6 is 0 Å². The van der Waals surface area contributed by atoms with Gasteiger partial charge in [0, 0.05) is 50.2 Å². The average molecular weight is 313 g/mol. The molecule has 0 saturated heterocycles. The minimum absolute atomic E-state index is 0.401. The molecule has 0 unspecified atom stereocenters.